The van der Waals surface area contributed by atoms with Crippen molar-refractivity contribution in [2.45, 2.75) is 59.0 Å². The van der Waals surface area contributed by atoms with Crippen LogP contribution < -0.4 is 0 Å². The smallest absolute Gasteiger partial charge is 0.120 e. The lowest BCUT2D eigenvalue weighted by Crippen LogP contribution is -2.36. The Balaban J connectivity index is 2.17. The summed E-state index contributed by atoms with van der Waals surface area (Å²) in [6.07, 6.45) is 4.96. The van der Waals surface area contributed by atoms with Crippen LogP contribution in [-0.2, 0) is 13.0 Å². The second kappa shape index (κ2) is 5.75. The Labute approximate surface area is 111 Å². The second-order valence-electron chi connectivity index (χ2n) is 5.58. The van der Waals surface area contributed by atoms with E-state index >= 15 is 0 Å². The maximum Gasteiger partial charge on any atom is 0.120 e. The predicted octanol–water partition coefficient (Wildman–Crippen LogP) is 3.64. The first kappa shape index (κ1) is 13.4. The number of aromatic hydroxyl groups is 1. The molecule has 1 heterocycles. The molecule has 2 rings (SSSR count). The zero-order valence-corrected chi connectivity index (χ0v) is 11.9. The van der Waals surface area contributed by atoms with Crippen LogP contribution in [0, 0.1) is 6.92 Å². The van der Waals surface area contributed by atoms with Crippen molar-refractivity contribution in [1.82, 2.24) is 4.90 Å². The summed E-state index contributed by atoms with van der Waals surface area (Å²) >= 11 is 0. The van der Waals surface area contributed by atoms with Crippen LogP contribution in [-0.4, -0.2) is 22.6 Å². The third-order valence-corrected chi connectivity index (χ3v) is 4.23. The van der Waals surface area contributed by atoms with E-state index in [0.717, 1.165) is 25.1 Å². The van der Waals surface area contributed by atoms with Gasteiger partial charge in [0.2, 0.25) is 0 Å². The molecule has 18 heavy (non-hydrogen) atoms. The minimum absolute atomic E-state index is 0.461. The van der Waals surface area contributed by atoms with E-state index in [1.54, 1.807) is 0 Å². The van der Waals surface area contributed by atoms with E-state index < -0.39 is 0 Å². The normalized spacial score (nSPS) is 21.2. The number of phenolic OH excluding ortho intramolecular Hbond substituents is 1. The molecule has 1 N–H and O–H groups in total. The van der Waals surface area contributed by atoms with Crippen molar-refractivity contribution in [3.63, 3.8) is 0 Å². The van der Waals surface area contributed by atoms with E-state index in [2.05, 4.69) is 31.7 Å². The summed E-state index contributed by atoms with van der Waals surface area (Å²) in [4.78, 5) is 2.49. The van der Waals surface area contributed by atoms with E-state index in [0.29, 0.717) is 11.8 Å². The van der Waals surface area contributed by atoms with Crippen LogP contribution in [0.5, 0.6) is 5.75 Å². The highest BCUT2D eigenvalue weighted by Crippen LogP contribution is 2.26. The predicted molar refractivity (Wildman–Crippen MR) is 75.9 cm³/mol. The SMILES string of the molecule is CCc1cc(CN2CCCCC2C)c(O)cc1C. The van der Waals surface area contributed by atoms with Crippen LogP contribution in [0.3, 0.4) is 0 Å². The Morgan fingerprint density at radius 2 is 2.06 bits per heavy atom. The fourth-order valence-corrected chi connectivity index (χ4v) is 2.91. The van der Waals surface area contributed by atoms with Crippen molar-refractivity contribution in [3.8, 4) is 5.75 Å². The summed E-state index contributed by atoms with van der Waals surface area (Å²) in [5, 5.41) is 10.1. The summed E-state index contributed by atoms with van der Waals surface area (Å²) in [5.41, 5.74) is 3.64. The summed E-state index contributed by atoms with van der Waals surface area (Å²) in [6.45, 7) is 8.60. The van der Waals surface area contributed by atoms with Gasteiger partial charge >= 0.3 is 0 Å². The van der Waals surface area contributed by atoms with Crippen LogP contribution in [0.25, 0.3) is 0 Å². The van der Waals surface area contributed by atoms with Crippen LogP contribution in [0.2, 0.25) is 0 Å². The third-order valence-electron chi connectivity index (χ3n) is 4.23. The first-order chi connectivity index (χ1) is 8.61. The second-order valence-corrected chi connectivity index (χ2v) is 5.58. The Hall–Kier alpha value is -1.02. The first-order valence-electron chi connectivity index (χ1n) is 7.17. The van der Waals surface area contributed by atoms with Gasteiger partial charge in [0, 0.05) is 18.2 Å². The Bertz CT molecular complexity index is 414. The lowest BCUT2D eigenvalue weighted by molar-refractivity contribution is 0.151. The average Bonchev–Trinajstić information content (AvgIpc) is 2.35. The van der Waals surface area contributed by atoms with Crippen LogP contribution in [0.15, 0.2) is 12.1 Å². The zero-order valence-electron chi connectivity index (χ0n) is 11.9. The maximum atomic E-state index is 10.1. The van der Waals surface area contributed by atoms with Crippen molar-refractivity contribution in [1.29, 1.82) is 0 Å². The van der Waals surface area contributed by atoms with Gasteiger partial charge in [-0.25, -0.2) is 0 Å². The van der Waals surface area contributed by atoms with Crippen molar-refractivity contribution in [2.24, 2.45) is 0 Å². The number of phenols is 1. The Kier molecular flexibility index (Phi) is 4.28. The van der Waals surface area contributed by atoms with E-state index in [-0.39, 0.29) is 0 Å². The maximum absolute atomic E-state index is 10.1. The molecule has 1 aliphatic rings. The number of rotatable bonds is 3. The number of piperidine rings is 1. The van der Waals surface area contributed by atoms with Crippen molar-refractivity contribution in [2.75, 3.05) is 6.54 Å². The Morgan fingerprint density at radius 1 is 1.28 bits per heavy atom. The zero-order chi connectivity index (χ0) is 13.1. The number of nitrogens with zero attached hydrogens (tertiary/aromatic N) is 1. The molecular weight excluding hydrogens is 222 g/mol. The number of hydrogen-bond donors (Lipinski definition) is 1. The highest BCUT2D eigenvalue weighted by atomic mass is 16.3. The third kappa shape index (κ3) is 2.86. The van der Waals surface area contributed by atoms with Crippen molar-refractivity contribution < 1.29 is 5.11 Å². The van der Waals surface area contributed by atoms with Crippen LogP contribution in [0.1, 0.15) is 49.8 Å². The molecular formula is C16H25NO. The molecule has 1 saturated heterocycles. The molecule has 1 aromatic rings. The summed E-state index contributed by atoms with van der Waals surface area (Å²) in [5.74, 6) is 0.461. The van der Waals surface area contributed by atoms with Gasteiger partial charge in [-0.15, -0.1) is 0 Å². The molecule has 2 heteroatoms. The van der Waals surface area contributed by atoms with Crippen LogP contribution >= 0.6 is 0 Å². The van der Waals surface area contributed by atoms with Crippen molar-refractivity contribution in [3.05, 3.63) is 28.8 Å². The fraction of sp³-hybridized carbons (Fsp3) is 0.625. The first-order valence-corrected chi connectivity index (χ1v) is 7.17. The van der Waals surface area contributed by atoms with Crippen LogP contribution in [0.4, 0.5) is 0 Å². The molecule has 0 radical (unpaired) electrons. The fourth-order valence-electron chi connectivity index (χ4n) is 2.91. The molecule has 1 aromatic carbocycles. The quantitative estimate of drug-likeness (QED) is 0.881. The number of benzene rings is 1. The standard InChI is InChI=1S/C16H25NO/c1-4-14-10-15(16(18)9-12(14)2)11-17-8-6-5-7-13(17)3/h9-10,13,18H,4-8,11H2,1-3H3. The summed E-state index contributed by atoms with van der Waals surface area (Å²) in [7, 11) is 0. The minimum atomic E-state index is 0.461. The van der Waals surface area contributed by atoms with E-state index in [9.17, 15) is 5.11 Å². The number of likely N-dealkylation sites (tertiary alicyclic amines) is 1. The molecule has 0 saturated carbocycles. The van der Waals surface area contributed by atoms with Gasteiger partial charge in [-0.1, -0.05) is 19.4 Å². The number of aryl methyl sites for hydroxylation is 2. The summed E-state index contributed by atoms with van der Waals surface area (Å²) in [6, 6.07) is 4.75. The Morgan fingerprint density at radius 3 is 2.72 bits per heavy atom. The topological polar surface area (TPSA) is 23.5 Å². The van der Waals surface area contributed by atoms with Gasteiger partial charge in [0.25, 0.3) is 0 Å². The highest BCUT2D eigenvalue weighted by molar-refractivity contribution is 5.41. The largest absolute Gasteiger partial charge is 0.508 e. The lowest BCUT2D eigenvalue weighted by atomic mass is 9.99. The van der Waals surface area contributed by atoms with E-state index in [4.69, 9.17) is 0 Å². The van der Waals surface area contributed by atoms with Gasteiger partial charge in [-0.3, -0.25) is 4.90 Å². The van der Waals surface area contributed by atoms with E-state index in [1.165, 1.54) is 30.4 Å². The lowest BCUT2D eigenvalue weighted by Gasteiger charge is -2.33. The van der Waals surface area contributed by atoms with Gasteiger partial charge in [0.05, 0.1) is 0 Å². The molecule has 0 spiro atoms. The van der Waals surface area contributed by atoms with Gasteiger partial charge in [-0.05, 0) is 56.8 Å². The molecule has 2 nitrogen and oxygen atoms in total. The molecule has 1 atom stereocenters. The molecule has 1 aliphatic heterocycles. The van der Waals surface area contributed by atoms with Gasteiger partial charge in [0.15, 0.2) is 0 Å². The van der Waals surface area contributed by atoms with E-state index in [1.807, 2.05) is 6.07 Å². The highest BCUT2D eigenvalue weighted by Gasteiger charge is 2.19. The molecule has 1 unspecified atom stereocenters. The molecule has 1 fully saturated rings. The minimum Gasteiger partial charge on any atom is -0.508 e. The van der Waals surface area contributed by atoms with Gasteiger partial charge < -0.3 is 5.11 Å². The van der Waals surface area contributed by atoms with Crippen molar-refractivity contribution >= 4 is 0 Å². The monoisotopic (exact) mass is 247 g/mol. The van der Waals surface area contributed by atoms with Gasteiger partial charge in [0.1, 0.15) is 5.75 Å². The molecule has 0 amide bonds. The molecule has 0 aromatic heterocycles. The summed E-state index contributed by atoms with van der Waals surface area (Å²) < 4.78 is 0. The molecule has 0 bridgehead atoms. The average molecular weight is 247 g/mol. The molecule has 0 aliphatic carbocycles. The number of hydrogen-bond acceptors (Lipinski definition) is 2. The molecule has 100 valence electrons. The van der Waals surface area contributed by atoms with Gasteiger partial charge in [-0.2, -0.15) is 0 Å².